The van der Waals surface area contributed by atoms with E-state index in [-0.39, 0.29) is 18.0 Å². The summed E-state index contributed by atoms with van der Waals surface area (Å²) in [5.41, 5.74) is -0.563. The summed E-state index contributed by atoms with van der Waals surface area (Å²) in [5.74, 6) is -0.00655. The van der Waals surface area contributed by atoms with Crippen LogP contribution in [0.15, 0.2) is 0 Å². The van der Waals surface area contributed by atoms with Crippen LogP contribution in [-0.2, 0) is 4.79 Å². The third-order valence-corrected chi connectivity index (χ3v) is 2.85. The summed E-state index contributed by atoms with van der Waals surface area (Å²) in [4.78, 5) is 11.5. The molecule has 1 saturated carbocycles. The summed E-state index contributed by atoms with van der Waals surface area (Å²) in [6.45, 7) is 6.20. The molecule has 1 amide bonds. The second-order valence-electron chi connectivity index (χ2n) is 4.84. The molecule has 1 atom stereocenters. The minimum Gasteiger partial charge on any atom is -0.389 e. The molecule has 88 valence electrons. The third kappa shape index (κ3) is 3.80. The normalized spacial score (nSPS) is 20.9. The van der Waals surface area contributed by atoms with E-state index >= 15 is 0 Å². The van der Waals surface area contributed by atoms with E-state index in [0.717, 1.165) is 19.3 Å². The van der Waals surface area contributed by atoms with E-state index in [0.29, 0.717) is 6.54 Å². The maximum atomic E-state index is 11.5. The van der Waals surface area contributed by atoms with Crippen molar-refractivity contribution in [1.29, 1.82) is 0 Å². The van der Waals surface area contributed by atoms with Crippen LogP contribution in [0.1, 0.15) is 40.0 Å². The van der Waals surface area contributed by atoms with Gasteiger partial charge in [0, 0.05) is 12.6 Å². The van der Waals surface area contributed by atoms with Gasteiger partial charge in [-0.1, -0.05) is 0 Å². The topological polar surface area (TPSA) is 61.4 Å². The van der Waals surface area contributed by atoms with Crippen molar-refractivity contribution in [2.45, 2.75) is 57.7 Å². The predicted molar refractivity (Wildman–Crippen MR) is 59.5 cm³/mol. The van der Waals surface area contributed by atoms with Crippen LogP contribution in [0, 0.1) is 0 Å². The Hall–Kier alpha value is -0.610. The lowest BCUT2D eigenvalue weighted by Gasteiger charge is -2.37. The molecule has 0 radical (unpaired) electrons. The van der Waals surface area contributed by atoms with Crippen molar-refractivity contribution in [3.05, 3.63) is 0 Å². The van der Waals surface area contributed by atoms with Crippen LogP contribution >= 0.6 is 0 Å². The van der Waals surface area contributed by atoms with Gasteiger partial charge >= 0.3 is 0 Å². The summed E-state index contributed by atoms with van der Waals surface area (Å²) in [6, 6.07) is -0.0782. The van der Waals surface area contributed by atoms with Crippen LogP contribution in [0.3, 0.4) is 0 Å². The van der Waals surface area contributed by atoms with Crippen molar-refractivity contribution < 1.29 is 9.90 Å². The maximum absolute atomic E-state index is 11.5. The van der Waals surface area contributed by atoms with Gasteiger partial charge in [0.15, 0.2) is 0 Å². The molecule has 0 aliphatic heterocycles. The average Bonchev–Trinajstić information content (AvgIpc) is 2.10. The lowest BCUT2D eigenvalue weighted by Crippen LogP contribution is -2.52. The number of hydrogen-bond donors (Lipinski definition) is 3. The molecule has 1 rings (SSSR count). The number of aliphatic hydroxyl groups is 1. The van der Waals surface area contributed by atoms with Gasteiger partial charge in [-0.25, -0.2) is 0 Å². The molecule has 0 saturated heterocycles. The highest BCUT2D eigenvalue weighted by Gasteiger charge is 2.34. The molecule has 3 N–H and O–H groups in total. The zero-order valence-electron chi connectivity index (χ0n) is 9.84. The molecule has 0 aromatic rings. The van der Waals surface area contributed by atoms with E-state index in [1.54, 1.807) is 0 Å². The Kier molecular flexibility index (Phi) is 4.11. The van der Waals surface area contributed by atoms with Gasteiger partial charge in [0.1, 0.15) is 0 Å². The van der Waals surface area contributed by atoms with E-state index in [2.05, 4.69) is 10.6 Å². The molecular formula is C11H22N2O2. The van der Waals surface area contributed by atoms with Crippen LogP contribution in [0.2, 0.25) is 0 Å². The number of hydrogen-bond acceptors (Lipinski definition) is 3. The van der Waals surface area contributed by atoms with Crippen LogP contribution in [0.4, 0.5) is 0 Å². The molecule has 4 heteroatoms. The second-order valence-corrected chi connectivity index (χ2v) is 4.84. The fourth-order valence-electron chi connectivity index (χ4n) is 1.61. The fourth-order valence-corrected chi connectivity index (χ4v) is 1.61. The van der Waals surface area contributed by atoms with Gasteiger partial charge in [-0.05, 0) is 40.0 Å². The van der Waals surface area contributed by atoms with Gasteiger partial charge in [-0.2, -0.15) is 0 Å². The predicted octanol–water partition coefficient (Wildman–Crippen LogP) is 0.404. The molecular weight excluding hydrogens is 192 g/mol. The van der Waals surface area contributed by atoms with Crippen molar-refractivity contribution in [2.24, 2.45) is 0 Å². The van der Waals surface area contributed by atoms with E-state index in [1.165, 1.54) is 0 Å². The largest absolute Gasteiger partial charge is 0.389 e. The van der Waals surface area contributed by atoms with Crippen molar-refractivity contribution in [1.82, 2.24) is 10.6 Å². The van der Waals surface area contributed by atoms with Crippen molar-refractivity contribution in [3.8, 4) is 0 Å². The summed E-state index contributed by atoms with van der Waals surface area (Å²) in [7, 11) is 0. The molecule has 0 aromatic carbocycles. The Morgan fingerprint density at radius 2 is 2.00 bits per heavy atom. The van der Waals surface area contributed by atoms with Gasteiger partial charge < -0.3 is 15.7 Å². The first-order valence-corrected chi connectivity index (χ1v) is 5.69. The molecule has 0 heterocycles. The van der Waals surface area contributed by atoms with Crippen LogP contribution < -0.4 is 10.6 Å². The number of amides is 1. The minimum absolute atomic E-state index is 0.00655. The molecule has 15 heavy (non-hydrogen) atoms. The quantitative estimate of drug-likeness (QED) is 0.621. The fraction of sp³-hybridized carbons (Fsp3) is 0.909. The van der Waals surface area contributed by atoms with Gasteiger partial charge in [0.2, 0.25) is 5.91 Å². The molecule has 1 aliphatic carbocycles. The Labute approximate surface area is 91.4 Å². The highest BCUT2D eigenvalue weighted by atomic mass is 16.3. The van der Waals surface area contributed by atoms with Gasteiger partial charge in [-0.3, -0.25) is 4.79 Å². The number of rotatable bonds is 5. The number of carbonyl (C=O) groups is 1. The zero-order chi connectivity index (χ0) is 11.5. The molecule has 1 fully saturated rings. The van der Waals surface area contributed by atoms with Crippen LogP contribution in [0.25, 0.3) is 0 Å². The summed E-state index contributed by atoms with van der Waals surface area (Å²) in [5, 5.41) is 15.7. The monoisotopic (exact) mass is 214 g/mol. The van der Waals surface area contributed by atoms with E-state index in [1.807, 2.05) is 20.8 Å². The lowest BCUT2D eigenvalue weighted by atomic mass is 9.80. The van der Waals surface area contributed by atoms with Gasteiger partial charge in [0.05, 0.1) is 11.6 Å². The first-order valence-electron chi connectivity index (χ1n) is 5.69. The molecule has 4 nitrogen and oxygen atoms in total. The average molecular weight is 214 g/mol. The van der Waals surface area contributed by atoms with Crippen LogP contribution in [0.5, 0.6) is 0 Å². The SMILES string of the molecule is CC(C)NC(=O)C(C)NCC1(O)CCC1. The molecule has 0 aromatic heterocycles. The van der Waals surface area contributed by atoms with Crippen LogP contribution in [-0.4, -0.2) is 35.2 Å². The Morgan fingerprint density at radius 3 is 2.40 bits per heavy atom. The van der Waals surface area contributed by atoms with Gasteiger partial charge in [-0.15, -0.1) is 0 Å². The van der Waals surface area contributed by atoms with E-state index in [4.69, 9.17) is 0 Å². The maximum Gasteiger partial charge on any atom is 0.237 e. The smallest absolute Gasteiger partial charge is 0.237 e. The minimum atomic E-state index is -0.563. The third-order valence-electron chi connectivity index (χ3n) is 2.85. The van der Waals surface area contributed by atoms with E-state index < -0.39 is 5.60 Å². The Balaban J connectivity index is 2.22. The first kappa shape index (κ1) is 12.5. The number of nitrogens with one attached hydrogen (secondary N) is 2. The van der Waals surface area contributed by atoms with E-state index in [9.17, 15) is 9.90 Å². The van der Waals surface area contributed by atoms with Crippen molar-refractivity contribution >= 4 is 5.91 Å². The highest BCUT2D eigenvalue weighted by molar-refractivity contribution is 5.81. The van der Waals surface area contributed by atoms with Gasteiger partial charge in [0.25, 0.3) is 0 Å². The first-order chi connectivity index (χ1) is 6.93. The highest BCUT2D eigenvalue weighted by Crippen LogP contribution is 2.30. The summed E-state index contributed by atoms with van der Waals surface area (Å²) >= 11 is 0. The second kappa shape index (κ2) is 4.94. The Bertz CT molecular complexity index is 225. The molecule has 0 spiro atoms. The zero-order valence-corrected chi connectivity index (χ0v) is 9.84. The molecule has 1 unspecified atom stereocenters. The summed E-state index contributed by atoms with van der Waals surface area (Å²) in [6.07, 6.45) is 2.78. The molecule has 0 bridgehead atoms. The lowest BCUT2D eigenvalue weighted by molar-refractivity contribution is -0.123. The number of carbonyl (C=O) groups excluding carboxylic acids is 1. The van der Waals surface area contributed by atoms with Crippen molar-refractivity contribution in [2.75, 3.05) is 6.54 Å². The van der Waals surface area contributed by atoms with Crippen molar-refractivity contribution in [3.63, 3.8) is 0 Å². The molecule has 1 aliphatic rings. The standard InChI is InChI=1S/C11H22N2O2/c1-8(2)13-10(14)9(3)12-7-11(15)5-4-6-11/h8-9,12,15H,4-7H2,1-3H3,(H,13,14). The summed E-state index contributed by atoms with van der Waals surface area (Å²) < 4.78 is 0. The Morgan fingerprint density at radius 1 is 1.40 bits per heavy atom.